The normalized spacial score (nSPS) is 15.1. The lowest BCUT2D eigenvalue weighted by molar-refractivity contribution is 0.147. The fourth-order valence-electron chi connectivity index (χ4n) is 1.24. The van der Waals surface area contributed by atoms with Gasteiger partial charge in [-0.3, -0.25) is 0 Å². The van der Waals surface area contributed by atoms with Crippen molar-refractivity contribution < 1.29 is 9.52 Å². The zero-order valence-electron chi connectivity index (χ0n) is 9.27. The number of thioether (sulfide) groups is 1. The van der Waals surface area contributed by atoms with Crippen LogP contribution in [0.4, 0.5) is 0 Å². The first-order chi connectivity index (χ1) is 7.24. The Hall–Kier alpha value is -0.450. The first-order valence-electron chi connectivity index (χ1n) is 5.19. The highest BCUT2D eigenvalue weighted by atomic mass is 32.2. The summed E-state index contributed by atoms with van der Waals surface area (Å²) in [6.45, 7) is 3.68. The summed E-state index contributed by atoms with van der Waals surface area (Å²) in [5.41, 5.74) is 0. The molecule has 0 saturated carbocycles. The van der Waals surface area contributed by atoms with Crippen LogP contribution in [-0.4, -0.2) is 29.7 Å². The fourth-order valence-corrected chi connectivity index (χ4v) is 1.60. The molecular weight excluding hydrogens is 210 g/mol. The Morgan fingerprint density at radius 2 is 2.40 bits per heavy atom. The summed E-state index contributed by atoms with van der Waals surface area (Å²) < 4.78 is 5.10. The molecule has 0 spiro atoms. The minimum Gasteiger partial charge on any atom is -0.467 e. The van der Waals surface area contributed by atoms with E-state index in [0.29, 0.717) is 17.6 Å². The summed E-state index contributed by atoms with van der Waals surface area (Å²) in [5.74, 6) is 0.625. The third kappa shape index (κ3) is 4.73. The van der Waals surface area contributed by atoms with Crippen molar-refractivity contribution in [1.82, 2.24) is 5.32 Å². The molecule has 2 atom stereocenters. The van der Waals surface area contributed by atoms with Crippen LogP contribution in [0.2, 0.25) is 0 Å². The minimum atomic E-state index is -0.537. The van der Waals surface area contributed by atoms with Crippen LogP contribution in [0.15, 0.2) is 22.8 Å². The molecule has 2 unspecified atom stereocenters. The van der Waals surface area contributed by atoms with Crippen molar-refractivity contribution in [2.45, 2.75) is 24.7 Å². The number of aliphatic hydroxyl groups excluding tert-OH is 1. The third-order valence-electron chi connectivity index (χ3n) is 2.34. The molecule has 0 amide bonds. The summed E-state index contributed by atoms with van der Waals surface area (Å²) in [7, 11) is 0. The molecule has 15 heavy (non-hydrogen) atoms. The third-order valence-corrected chi connectivity index (χ3v) is 3.38. The first kappa shape index (κ1) is 12.6. The van der Waals surface area contributed by atoms with E-state index in [0.717, 1.165) is 13.0 Å². The van der Waals surface area contributed by atoms with E-state index in [-0.39, 0.29) is 0 Å². The molecule has 0 aliphatic rings. The van der Waals surface area contributed by atoms with Crippen LogP contribution in [0.1, 0.15) is 25.2 Å². The number of nitrogens with one attached hydrogen (secondary N) is 1. The molecule has 1 aromatic heterocycles. The summed E-state index contributed by atoms with van der Waals surface area (Å²) >= 11 is 1.86. The summed E-state index contributed by atoms with van der Waals surface area (Å²) in [6.07, 6.45) is 4.27. The highest BCUT2D eigenvalue weighted by molar-refractivity contribution is 7.99. The Balaban J connectivity index is 2.10. The molecule has 0 saturated heterocycles. The largest absolute Gasteiger partial charge is 0.467 e. The monoisotopic (exact) mass is 229 g/mol. The lowest BCUT2D eigenvalue weighted by Crippen LogP contribution is -2.23. The van der Waals surface area contributed by atoms with Gasteiger partial charge in [0.05, 0.1) is 6.26 Å². The predicted molar refractivity (Wildman–Crippen MR) is 64.1 cm³/mol. The van der Waals surface area contributed by atoms with Crippen molar-refractivity contribution >= 4 is 11.8 Å². The van der Waals surface area contributed by atoms with E-state index in [1.54, 1.807) is 18.4 Å². The molecule has 1 aromatic rings. The Morgan fingerprint density at radius 3 is 3.00 bits per heavy atom. The van der Waals surface area contributed by atoms with Gasteiger partial charge in [0, 0.05) is 11.8 Å². The number of hydrogen-bond donors (Lipinski definition) is 2. The van der Waals surface area contributed by atoms with Crippen molar-refractivity contribution in [3.8, 4) is 0 Å². The van der Waals surface area contributed by atoms with Gasteiger partial charge in [0.1, 0.15) is 11.9 Å². The van der Waals surface area contributed by atoms with Crippen molar-refractivity contribution in [1.29, 1.82) is 0 Å². The first-order valence-corrected chi connectivity index (χ1v) is 6.47. The zero-order chi connectivity index (χ0) is 11.1. The zero-order valence-corrected chi connectivity index (χ0v) is 10.1. The quantitative estimate of drug-likeness (QED) is 0.702. The van der Waals surface area contributed by atoms with E-state index in [4.69, 9.17) is 4.42 Å². The van der Waals surface area contributed by atoms with Gasteiger partial charge in [-0.25, -0.2) is 0 Å². The molecule has 4 heteroatoms. The molecule has 86 valence electrons. The SMILES string of the molecule is CSC(C)CCNCC(O)c1ccco1. The molecule has 1 rings (SSSR count). The summed E-state index contributed by atoms with van der Waals surface area (Å²) in [6, 6.07) is 3.57. The number of rotatable bonds is 7. The fraction of sp³-hybridized carbons (Fsp3) is 0.636. The molecule has 2 N–H and O–H groups in total. The maximum absolute atomic E-state index is 9.67. The summed E-state index contributed by atoms with van der Waals surface area (Å²) in [5, 5.41) is 13.6. The van der Waals surface area contributed by atoms with Crippen molar-refractivity contribution in [2.75, 3.05) is 19.3 Å². The second-order valence-corrected chi connectivity index (χ2v) is 4.85. The predicted octanol–water partition coefficient (Wildman–Crippen LogP) is 2.04. The standard InChI is InChI=1S/C11H19NO2S/c1-9(15-2)5-6-12-8-10(13)11-4-3-7-14-11/h3-4,7,9-10,12-13H,5-6,8H2,1-2H3. The van der Waals surface area contributed by atoms with Crippen molar-refractivity contribution in [3.63, 3.8) is 0 Å². The van der Waals surface area contributed by atoms with Gasteiger partial charge in [-0.2, -0.15) is 11.8 Å². The van der Waals surface area contributed by atoms with Gasteiger partial charge in [0.15, 0.2) is 0 Å². The van der Waals surface area contributed by atoms with E-state index < -0.39 is 6.10 Å². The number of aliphatic hydroxyl groups is 1. The molecular formula is C11H19NO2S. The van der Waals surface area contributed by atoms with E-state index in [1.807, 2.05) is 11.8 Å². The highest BCUT2D eigenvalue weighted by Gasteiger charge is 2.09. The molecule has 0 fully saturated rings. The van der Waals surface area contributed by atoms with Gasteiger partial charge in [0.25, 0.3) is 0 Å². The van der Waals surface area contributed by atoms with Gasteiger partial charge in [0.2, 0.25) is 0 Å². The lowest BCUT2D eigenvalue weighted by Gasteiger charge is -2.11. The van der Waals surface area contributed by atoms with Crippen LogP contribution in [0.25, 0.3) is 0 Å². The molecule has 0 aliphatic carbocycles. The van der Waals surface area contributed by atoms with E-state index >= 15 is 0 Å². The molecule has 0 aliphatic heterocycles. The Kier molecular flexibility index (Phi) is 5.83. The highest BCUT2D eigenvalue weighted by Crippen LogP contribution is 2.12. The van der Waals surface area contributed by atoms with Crippen LogP contribution in [0, 0.1) is 0 Å². The van der Waals surface area contributed by atoms with Gasteiger partial charge in [-0.1, -0.05) is 6.92 Å². The average Bonchev–Trinajstić information content (AvgIpc) is 2.77. The molecule has 3 nitrogen and oxygen atoms in total. The van der Waals surface area contributed by atoms with Gasteiger partial charge >= 0.3 is 0 Å². The Morgan fingerprint density at radius 1 is 1.60 bits per heavy atom. The van der Waals surface area contributed by atoms with E-state index in [1.165, 1.54) is 0 Å². The van der Waals surface area contributed by atoms with E-state index in [9.17, 15) is 5.11 Å². The lowest BCUT2D eigenvalue weighted by atomic mass is 10.2. The Labute approximate surface area is 95.2 Å². The number of hydrogen-bond acceptors (Lipinski definition) is 4. The summed E-state index contributed by atoms with van der Waals surface area (Å²) in [4.78, 5) is 0. The second-order valence-electron chi connectivity index (χ2n) is 3.57. The second kappa shape index (κ2) is 6.93. The maximum Gasteiger partial charge on any atom is 0.133 e. The van der Waals surface area contributed by atoms with Crippen LogP contribution in [0.5, 0.6) is 0 Å². The molecule has 0 radical (unpaired) electrons. The molecule has 0 aromatic carbocycles. The van der Waals surface area contributed by atoms with Crippen molar-refractivity contribution in [2.24, 2.45) is 0 Å². The van der Waals surface area contributed by atoms with Crippen molar-refractivity contribution in [3.05, 3.63) is 24.2 Å². The van der Waals surface area contributed by atoms with E-state index in [2.05, 4.69) is 18.5 Å². The molecule has 1 heterocycles. The van der Waals surface area contributed by atoms with Crippen LogP contribution in [0.3, 0.4) is 0 Å². The number of furan rings is 1. The average molecular weight is 229 g/mol. The van der Waals surface area contributed by atoms with Crippen LogP contribution in [-0.2, 0) is 0 Å². The van der Waals surface area contributed by atoms with Gasteiger partial charge in [-0.05, 0) is 31.4 Å². The topological polar surface area (TPSA) is 45.4 Å². The minimum absolute atomic E-state index is 0.537. The maximum atomic E-state index is 9.67. The Bertz CT molecular complexity index is 251. The van der Waals surface area contributed by atoms with Crippen LogP contribution < -0.4 is 5.32 Å². The van der Waals surface area contributed by atoms with Gasteiger partial charge in [-0.15, -0.1) is 0 Å². The van der Waals surface area contributed by atoms with Gasteiger partial charge < -0.3 is 14.8 Å². The molecule has 0 bridgehead atoms. The van der Waals surface area contributed by atoms with Crippen LogP contribution >= 0.6 is 11.8 Å². The smallest absolute Gasteiger partial charge is 0.133 e.